The van der Waals surface area contributed by atoms with Gasteiger partial charge < -0.3 is 0 Å². The predicted molar refractivity (Wildman–Crippen MR) is 126 cm³/mol. The molecule has 0 saturated heterocycles. The molecule has 3 heterocycles. The van der Waals surface area contributed by atoms with E-state index < -0.39 is 0 Å². The zero-order chi connectivity index (χ0) is 22.7. The summed E-state index contributed by atoms with van der Waals surface area (Å²) >= 11 is 0. The number of imidazole rings is 2. The van der Waals surface area contributed by atoms with Crippen LogP contribution in [0.4, 0.5) is 0 Å². The maximum atomic E-state index is 13.5. The molecule has 0 aliphatic heterocycles. The highest BCUT2D eigenvalue weighted by Gasteiger charge is 2.21. The number of aryl methyl sites for hydroxylation is 5. The molecule has 0 bridgehead atoms. The summed E-state index contributed by atoms with van der Waals surface area (Å²) in [5.41, 5.74) is 6.29. The standard InChI is InChI=1S/C25H25N5O2/c1-15-7-6-8-19(11-15)14-29-23(31)21-22(27(5)25(29)32)26-24-28(21)13-18(4)30(24)20-12-16(2)9-10-17(20)3/h6-13H,14H2,1-5H3. The summed E-state index contributed by atoms with van der Waals surface area (Å²) < 4.78 is 6.59. The summed E-state index contributed by atoms with van der Waals surface area (Å²) in [5.74, 6) is 0.617. The fourth-order valence-corrected chi connectivity index (χ4v) is 4.40. The molecule has 0 amide bonds. The summed E-state index contributed by atoms with van der Waals surface area (Å²) in [4.78, 5) is 31.3. The Hall–Kier alpha value is -3.87. The first-order chi connectivity index (χ1) is 15.3. The maximum absolute atomic E-state index is 13.5. The molecule has 0 fully saturated rings. The lowest BCUT2D eigenvalue weighted by Crippen LogP contribution is -2.39. The molecular formula is C25H25N5O2. The van der Waals surface area contributed by atoms with Crippen molar-refractivity contribution in [2.45, 2.75) is 34.2 Å². The normalized spacial score (nSPS) is 11.7. The van der Waals surface area contributed by atoms with E-state index in [0.717, 1.165) is 33.6 Å². The van der Waals surface area contributed by atoms with Gasteiger partial charge in [-0.2, -0.15) is 4.98 Å². The molecular weight excluding hydrogens is 402 g/mol. The Balaban J connectivity index is 1.81. The second kappa shape index (κ2) is 7.09. The SMILES string of the molecule is Cc1cccc(Cn2c(=O)c3c(nc4n(-c5cc(C)ccc5C)c(C)cn34)n(C)c2=O)c1. The van der Waals surface area contributed by atoms with E-state index in [9.17, 15) is 9.59 Å². The fraction of sp³-hybridized carbons (Fsp3) is 0.240. The van der Waals surface area contributed by atoms with Crippen molar-refractivity contribution in [1.29, 1.82) is 0 Å². The molecule has 2 aromatic carbocycles. The molecule has 32 heavy (non-hydrogen) atoms. The number of hydrogen-bond acceptors (Lipinski definition) is 3. The van der Waals surface area contributed by atoms with Crippen LogP contribution in [0.25, 0.3) is 22.6 Å². The average molecular weight is 428 g/mol. The molecule has 0 atom stereocenters. The summed E-state index contributed by atoms with van der Waals surface area (Å²) in [6.45, 7) is 8.31. The van der Waals surface area contributed by atoms with Gasteiger partial charge in [-0.3, -0.25) is 22.9 Å². The van der Waals surface area contributed by atoms with Gasteiger partial charge >= 0.3 is 5.69 Å². The van der Waals surface area contributed by atoms with Gasteiger partial charge in [-0.05, 0) is 50.5 Å². The van der Waals surface area contributed by atoms with E-state index in [1.165, 1.54) is 9.13 Å². The van der Waals surface area contributed by atoms with Gasteiger partial charge in [0.25, 0.3) is 5.56 Å². The van der Waals surface area contributed by atoms with E-state index in [1.54, 1.807) is 11.4 Å². The van der Waals surface area contributed by atoms with Crippen molar-refractivity contribution in [2.75, 3.05) is 0 Å². The first-order valence-electron chi connectivity index (χ1n) is 10.6. The predicted octanol–water partition coefficient (Wildman–Crippen LogP) is 3.42. The van der Waals surface area contributed by atoms with Crippen LogP contribution < -0.4 is 11.2 Å². The molecule has 0 radical (unpaired) electrons. The van der Waals surface area contributed by atoms with Crippen LogP contribution in [-0.4, -0.2) is 23.1 Å². The van der Waals surface area contributed by atoms with Gasteiger partial charge in [0.15, 0.2) is 11.2 Å². The number of nitrogens with zero attached hydrogens (tertiary/aromatic N) is 5. The minimum absolute atomic E-state index is 0.215. The molecule has 7 heteroatoms. The van der Waals surface area contributed by atoms with Crippen molar-refractivity contribution in [3.63, 3.8) is 0 Å². The Morgan fingerprint density at radius 2 is 1.69 bits per heavy atom. The van der Waals surface area contributed by atoms with Gasteiger partial charge in [-0.1, -0.05) is 42.0 Å². The highest BCUT2D eigenvalue weighted by atomic mass is 16.2. The number of benzene rings is 2. The molecule has 5 aromatic rings. The van der Waals surface area contributed by atoms with E-state index in [1.807, 2.05) is 48.9 Å². The molecule has 162 valence electrons. The minimum atomic E-state index is -0.375. The molecule has 0 spiro atoms. The first-order valence-corrected chi connectivity index (χ1v) is 10.6. The van der Waals surface area contributed by atoms with Crippen molar-refractivity contribution in [1.82, 2.24) is 23.1 Å². The molecule has 7 nitrogen and oxygen atoms in total. The van der Waals surface area contributed by atoms with E-state index in [0.29, 0.717) is 16.9 Å². The van der Waals surface area contributed by atoms with E-state index >= 15 is 0 Å². The Kier molecular flexibility index (Phi) is 4.44. The number of fused-ring (bicyclic) bond motifs is 3. The third-order valence-corrected chi connectivity index (χ3v) is 6.05. The van der Waals surface area contributed by atoms with Crippen LogP contribution in [0.15, 0.2) is 58.3 Å². The lowest BCUT2D eigenvalue weighted by atomic mass is 10.1. The van der Waals surface area contributed by atoms with Crippen LogP contribution in [0.2, 0.25) is 0 Å². The van der Waals surface area contributed by atoms with Gasteiger partial charge in [-0.15, -0.1) is 0 Å². The van der Waals surface area contributed by atoms with Gasteiger partial charge in [0.1, 0.15) is 0 Å². The van der Waals surface area contributed by atoms with Gasteiger partial charge in [0.05, 0.1) is 12.2 Å². The third kappa shape index (κ3) is 2.92. The second-order valence-corrected chi connectivity index (χ2v) is 8.57. The summed E-state index contributed by atoms with van der Waals surface area (Å²) in [6.07, 6.45) is 1.91. The molecule has 0 N–H and O–H groups in total. The topological polar surface area (TPSA) is 66.2 Å². The summed E-state index contributed by atoms with van der Waals surface area (Å²) in [6, 6.07) is 14.1. The van der Waals surface area contributed by atoms with E-state index in [-0.39, 0.29) is 17.8 Å². The van der Waals surface area contributed by atoms with Gasteiger partial charge in [-0.25, -0.2) is 4.79 Å². The molecule has 0 aliphatic rings. The molecule has 0 unspecified atom stereocenters. The first kappa shape index (κ1) is 20.1. The molecule has 0 saturated carbocycles. The van der Waals surface area contributed by atoms with Crippen molar-refractivity contribution in [3.05, 3.63) is 97.4 Å². The van der Waals surface area contributed by atoms with Crippen LogP contribution >= 0.6 is 0 Å². The van der Waals surface area contributed by atoms with Crippen LogP contribution in [0.3, 0.4) is 0 Å². The number of rotatable bonds is 3. The van der Waals surface area contributed by atoms with Crippen molar-refractivity contribution < 1.29 is 0 Å². The van der Waals surface area contributed by atoms with Crippen LogP contribution in [-0.2, 0) is 13.6 Å². The van der Waals surface area contributed by atoms with Crippen molar-refractivity contribution in [3.8, 4) is 5.69 Å². The number of hydrogen-bond donors (Lipinski definition) is 0. The zero-order valence-corrected chi connectivity index (χ0v) is 18.9. The minimum Gasteiger partial charge on any atom is -0.283 e. The summed E-state index contributed by atoms with van der Waals surface area (Å²) in [5, 5.41) is 0. The Morgan fingerprint density at radius 3 is 2.44 bits per heavy atom. The third-order valence-electron chi connectivity index (χ3n) is 6.05. The highest BCUT2D eigenvalue weighted by Crippen LogP contribution is 2.24. The summed E-state index contributed by atoms with van der Waals surface area (Å²) in [7, 11) is 1.67. The lowest BCUT2D eigenvalue weighted by Gasteiger charge is -2.10. The van der Waals surface area contributed by atoms with Gasteiger partial charge in [0.2, 0.25) is 5.78 Å². The van der Waals surface area contributed by atoms with Crippen LogP contribution in [0.1, 0.15) is 27.9 Å². The molecule has 3 aromatic heterocycles. The van der Waals surface area contributed by atoms with E-state index in [4.69, 9.17) is 4.98 Å². The molecule has 0 aliphatic carbocycles. The number of aromatic nitrogens is 5. The fourth-order valence-electron chi connectivity index (χ4n) is 4.40. The Labute approximate surface area is 184 Å². The van der Waals surface area contributed by atoms with Crippen LogP contribution in [0, 0.1) is 27.7 Å². The second-order valence-electron chi connectivity index (χ2n) is 8.57. The smallest absolute Gasteiger partial charge is 0.283 e. The Bertz CT molecular complexity index is 1650. The van der Waals surface area contributed by atoms with Gasteiger partial charge in [0, 0.05) is 18.9 Å². The van der Waals surface area contributed by atoms with Crippen molar-refractivity contribution >= 4 is 16.9 Å². The highest BCUT2D eigenvalue weighted by molar-refractivity contribution is 5.76. The molecule has 5 rings (SSSR count). The monoisotopic (exact) mass is 427 g/mol. The zero-order valence-electron chi connectivity index (χ0n) is 18.9. The average Bonchev–Trinajstić information content (AvgIpc) is 3.26. The maximum Gasteiger partial charge on any atom is 0.332 e. The largest absolute Gasteiger partial charge is 0.332 e. The van der Waals surface area contributed by atoms with Crippen LogP contribution in [0.5, 0.6) is 0 Å². The van der Waals surface area contributed by atoms with Crippen molar-refractivity contribution in [2.24, 2.45) is 7.05 Å². The quantitative estimate of drug-likeness (QED) is 0.443. The lowest BCUT2D eigenvalue weighted by molar-refractivity contribution is 0.656. The Morgan fingerprint density at radius 1 is 0.938 bits per heavy atom. The van der Waals surface area contributed by atoms with E-state index in [2.05, 4.69) is 32.0 Å².